The molecule has 2 amide bonds. The number of fused-ring (bicyclic) bond motifs is 1. The van der Waals surface area contributed by atoms with Crippen LogP contribution in [0.3, 0.4) is 0 Å². The number of amides is 2. The lowest BCUT2D eigenvalue weighted by Crippen LogP contribution is -2.51. The number of carbonyl (C=O) groups excluding carboxylic acids is 2. The van der Waals surface area contributed by atoms with Crippen molar-refractivity contribution in [3.05, 3.63) is 41.3 Å². The van der Waals surface area contributed by atoms with E-state index in [4.69, 9.17) is 0 Å². The molecule has 0 radical (unpaired) electrons. The molecule has 0 atom stereocenters. The maximum Gasteiger partial charge on any atom is 0.252 e. The van der Waals surface area contributed by atoms with Gasteiger partial charge in [-0.05, 0) is 38.0 Å². The van der Waals surface area contributed by atoms with Crippen LogP contribution >= 0.6 is 0 Å². The van der Waals surface area contributed by atoms with Gasteiger partial charge in [-0.2, -0.15) is 0 Å². The average Bonchev–Trinajstić information content (AvgIpc) is 3.27. The summed E-state index contributed by atoms with van der Waals surface area (Å²) < 4.78 is 13.5. The minimum atomic E-state index is -0.363. The fourth-order valence-electron chi connectivity index (χ4n) is 4.57. The molecule has 2 fully saturated rings. The summed E-state index contributed by atoms with van der Waals surface area (Å²) in [6.07, 6.45) is 4.44. The Hall–Kier alpha value is -2.54. The molecule has 1 N–H and O–H groups in total. The van der Waals surface area contributed by atoms with Crippen molar-refractivity contribution in [2.45, 2.75) is 32.6 Å². The number of nitrogens with one attached hydrogen (secondary N) is 1. The lowest BCUT2D eigenvalue weighted by molar-refractivity contribution is -0.137. The number of benzene rings is 1. The number of rotatable bonds is 5. The smallest absolute Gasteiger partial charge is 0.252 e. The Morgan fingerprint density at radius 3 is 2.60 bits per heavy atom. The summed E-state index contributed by atoms with van der Waals surface area (Å²) in [5.74, 6) is 0.0319. The molecule has 1 aromatic carbocycles. The number of piperazine rings is 1. The number of aryl methyl sites for hydroxylation is 1. The quantitative estimate of drug-likeness (QED) is 0.820. The number of halogens is 1. The second-order valence-corrected chi connectivity index (χ2v) is 8.38. The molecule has 1 saturated carbocycles. The monoisotopic (exact) mass is 412 g/mol. The van der Waals surface area contributed by atoms with Crippen molar-refractivity contribution < 1.29 is 14.0 Å². The molecule has 1 aliphatic carbocycles. The minimum Gasteiger partial charge on any atom is -0.351 e. The van der Waals surface area contributed by atoms with E-state index in [0.29, 0.717) is 34.6 Å². The highest BCUT2D eigenvalue weighted by Crippen LogP contribution is 2.27. The molecule has 2 heterocycles. The van der Waals surface area contributed by atoms with Crippen molar-refractivity contribution in [1.29, 1.82) is 0 Å². The second kappa shape index (κ2) is 9.08. The van der Waals surface area contributed by atoms with Crippen LogP contribution in [0.5, 0.6) is 0 Å². The summed E-state index contributed by atoms with van der Waals surface area (Å²) in [6.45, 7) is 6.28. The van der Waals surface area contributed by atoms with Crippen molar-refractivity contribution in [1.82, 2.24) is 20.1 Å². The Morgan fingerprint density at radius 2 is 1.87 bits per heavy atom. The van der Waals surface area contributed by atoms with Crippen molar-refractivity contribution in [3.63, 3.8) is 0 Å². The van der Waals surface area contributed by atoms with E-state index in [9.17, 15) is 14.0 Å². The Balaban J connectivity index is 1.28. The third kappa shape index (κ3) is 4.61. The predicted octanol–water partition coefficient (Wildman–Crippen LogP) is 2.75. The van der Waals surface area contributed by atoms with Crippen molar-refractivity contribution >= 4 is 22.7 Å². The number of nitrogens with zero attached hydrogens (tertiary/aromatic N) is 3. The van der Waals surface area contributed by atoms with Crippen LogP contribution in [0.2, 0.25) is 0 Å². The summed E-state index contributed by atoms with van der Waals surface area (Å²) >= 11 is 0. The average molecular weight is 413 g/mol. The van der Waals surface area contributed by atoms with E-state index in [1.165, 1.54) is 25.0 Å². The van der Waals surface area contributed by atoms with Gasteiger partial charge in [-0.15, -0.1) is 0 Å². The van der Waals surface area contributed by atoms with E-state index in [0.717, 1.165) is 45.6 Å². The first-order valence-electron chi connectivity index (χ1n) is 10.9. The summed E-state index contributed by atoms with van der Waals surface area (Å²) in [5.41, 5.74) is 1.69. The molecule has 6 nitrogen and oxygen atoms in total. The molecule has 0 unspecified atom stereocenters. The number of carbonyl (C=O) groups is 2. The van der Waals surface area contributed by atoms with Crippen molar-refractivity contribution in [2.75, 3.05) is 39.3 Å². The van der Waals surface area contributed by atoms with Crippen LogP contribution in [-0.4, -0.2) is 65.9 Å². The van der Waals surface area contributed by atoms with Crippen LogP contribution in [0.25, 0.3) is 10.9 Å². The van der Waals surface area contributed by atoms with Gasteiger partial charge in [0.15, 0.2) is 0 Å². The fourth-order valence-corrected chi connectivity index (χ4v) is 4.57. The number of hydrogen-bond acceptors (Lipinski definition) is 4. The van der Waals surface area contributed by atoms with Crippen LogP contribution < -0.4 is 5.32 Å². The SMILES string of the molecule is Cc1cc(C(=O)NCCN2CCN(C(=O)C3CCCC3)CC2)c2ccc(F)cc2n1. The lowest BCUT2D eigenvalue weighted by atomic mass is 10.1. The first kappa shape index (κ1) is 20.7. The number of aromatic nitrogens is 1. The van der Waals surface area contributed by atoms with Gasteiger partial charge in [0.2, 0.25) is 5.91 Å². The zero-order valence-electron chi connectivity index (χ0n) is 17.5. The van der Waals surface area contributed by atoms with E-state index >= 15 is 0 Å². The Bertz CT molecular complexity index is 929. The van der Waals surface area contributed by atoms with E-state index in [2.05, 4.69) is 15.2 Å². The van der Waals surface area contributed by atoms with Crippen LogP contribution in [0.1, 0.15) is 41.7 Å². The summed E-state index contributed by atoms with van der Waals surface area (Å²) in [5, 5.41) is 3.63. The molecular formula is C23H29FN4O2. The topological polar surface area (TPSA) is 65.5 Å². The van der Waals surface area contributed by atoms with Crippen LogP contribution in [0.4, 0.5) is 4.39 Å². The summed E-state index contributed by atoms with van der Waals surface area (Å²) in [7, 11) is 0. The third-order valence-electron chi connectivity index (χ3n) is 6.25. The van der Waals surface area contributed by atoms with Gasteiger partial charge in [-0.1, -0.05) is 12.8 Å². The third-order valence-corrected chi connectivity index (χ3v) is 6.25. The maximum absolute atomic E-state index is 13.5. The minimum absolute atomic E-state index is 0.174. The summed E-state index contributed by atoms with van der Waals surface area (Å²) in [6, 6.07) is 6.05. The maximum atomic E-state index is 13.5. The highest BCUT2D eigenvalue weighted by molar-refractivity contribution is 6.06. The molecule has 2 aliphatic rings. The molecule has 30 heavy (non-hydrogen) atoms. The first-order chi connectivity index (χ1) is 14.5. The van der Waals surface area contributed by atoms with Crippen LogP contribution in [0, 0.1) is 18.7 Å². The zero-order chi connectivity index (χ0) is 21.1. The Morgan fingerprint density at radius 1 is 1.13 bits per heavy atom. The number of pyridine rings is 1. The molecule has 160 valence electrons. The van der Waals surface area contributed by atoms with Gasteiger partial charge in [0.25, 0.3) is 5.91 Å². The first-order valence-corrected chi connectivity index (χ1v) is 10.9. The van der Waals surface area contributed by atoms with E-state index < -0.39 is 0 Å². The standard InChI is InChI=1S/C23H29FN4O2/c1-16-14-20(19-7-6-18(24)15-21(19)26-16)22(29)25-8-9-27-10-12-28(13-11-27)23(30)17-4-2-3-5-17/h6-7,14-15,17H,2-5,8-13H2,1H3,(H,25,29). The van der Waals surface area contributed by atoms with Crippen LogP contribution in [-0.2, 0) is 4.79 Å². The molecule has 7 heteroatoms. The van der Waals surface area contributed by atoms with Gasteiger partial charge in [0, 0.05) is 62.3 Å². The normalized spacial score (nSPS) is 18.1. The molecule has 1 aliphatic heterocycles. The molecular weight excluding hydrogens is 383 g/mol. The molecule has 1 aromatic heterocycles. The molecule has 0 bridgehead atoms. The zero-order valence-corrected chi connectivity index (χ0v) is 17.5. The molecule has 2 aromatic rings. The second-order valence-electron chi connectivity index (χ2n) is 8.38. The van der Waals surface area contributed by atoms with Gasteiger partial charge >= 0.3 is 0 Å². The Labute approximate surface area is 176 Å². The van der Waals surface area contributed by atoms with Gasteiger partial charge in [-0.25, -0.2) is 4.39 Å². The largest absolute Gasteiger partial charge is 0.351 e. The molecule has 0 spiro atoms. The predicted molar refractivity (Wildman–Crippen MR) is 114 cm³/mol. The van der Waals surface area contributed by atoms with E-state index in [-0.39, 0.29) is 17.6 Å². The van der Waals surface area contributed by atoms with Gasteiger partial charge < -0.3 is 10.2 Å². The summed E-state index contributed by atoms with van der Waals surface area (Å²) in [4.78, 5) is 33.9. The number of hydrogen-bond donors (Lipinski definition) is 1. The lowest BCUT2D eigenvalue weighted by Gasteiger charge is -2.36. The highest BCUT2D eigenvalue weighted by atomic mass is 19.1. The molecule has 1 saturated heterocycles. The van der Waals surface area contributed by atoms with Gasteiger partial charge in [0.05, 0.1) is 11.1 Å². The van der Waals surface area contributed by atoms with Crippen LogP contribution in [0.15, 0.2) is 24.3 Å². The molecule has 4 rings (SSSR count). The van der Waals surface area contributed by atoms with Crippen molar-refractivity contribution in [3.8, 4) is 0 Å². The van der Waals surface area contributed by atoms with E-state index in [1.54, 1.807) is 19.1 Å². The van der Waals surface area contributed by atoms with E-state index in [1.807, 2.05) is 4.90 Å². The highest BCUT2D eigenvalue weighted by Gasteiger charge is 2.29. The Kier molecular flexibility index (Phi) is 6.27. The van der Waals surface area contributed by atoms with Gasteiger partial charge in [0.1, 0.15) is 5.82 Å². The van der Waals surface area contributed by atoms with Crippen molar-refractivity contribution in [2.24, 2.45) is 5.92 Å². The fraction of sp³-hybridized carbons (Fsp3) is 0.522. The van der Waals surface area contributed by atoms with Gasteiger partial charge in [-0.3, -0.25) is 19.5 Å².